The molecule has 0 spiro atoms. The number of phenols is 1. The standard InChI is InChI=1S/C18H27N3O4/c1-12(15-11-14(25-4)5-6-16(15)22)19-17(23)13-7-9-21(10-8-13)18(24)20(2)3/h5-6,11-13,22H,7-10H2,1-4H3,(H,19,23)/t12-/m0/s1. The molecule has 1 atom stereocenters. The van der Waals surface area contributed by atoms with Gasteiger partial charge < -0.3 is 25.0 Å². The molecule has 1 fully saturated rings. The lowest BCUT2D eigenvalue weighted by molar-refractivity contribution is -0.126. The van der Waals surface area contributed by atoms with Crippen LogP contribution in [-0.2, 0) is 4.79 Å². The SMILES string of the molecule is COc1ccc(O)c([C@H](C)NC(=O)C2CCN(C(=O)N(C)C)CC2)c1. The van der Waals surface area contributed by atoms with Crippen molar-refractivity contribution in [2.75, 3.05) is 34.3 Å². The van der Waals surface area contributed by atoms with Crippen LogP contribution < -0.4 is 10.1 Å². The second-order valence-electron chi connectivity index (χ2n) is 6.59. The number of urea groups is 1. The smallest absolute Gasteiger partial charge is 0.319 e. The van der Waals surface area contributed by atoms with E-state index in [4.69, 9.17) is 4.74 Å². The molecular weight excluding hydrogens is 322 g/mol. The second-order valence-corrected chi connectivity index (χ2v) is 6.59. The molecule has 0 unspecified atom stereocenters. The minimum absolute atomic E-state index is 0.0199. The number of benzene rings is 1. The van der Waals surface area contributed by atoms with Gasteiger partial charge in [0.25, 0.3) is 0 Å². The van der Waals surface area contributed by atoms with Crippen LogP contribution in [0.4, 0.5) is 4.79 Å². The number of likely N-dealkylation sites (tertiary alicyclic amines) is 1. The third kappa shape index (κ3) is 4.55. The summed E-state index contributed by atoms with van der Waals surface area (Å²) >= 11 is 0. The Morgan fingerprint density at radius 2 is 1.96 bits per heavy atom. The predicted octanol–water partition coefficient (Wildman–Crippen LogP) is 1.97. The van der Waals surface area contributed by atoms with E-state index in [-0.39, 0.29) is 29.6 Å². The van der Waals surface area contributed by atoms with Crippen molar-refractivity contribution < 1.29 is 19.4 Å². The molecule has 0 bridgehead atoms. The normalized spacial score (nSPS) is 16.2. The lowest BCUT2D eigenvalue weighted by Crippen LogP contribution is -2.46. The highest BCUT2D eigenvalue weighted by Gasteiger charge is 2.29. The molecule has 25 heavy (non-hydrogen) atoms. The third-order valence-electron chi connectivity index (χ3n) is 4.58. The van der Waals surface area contributed by atoms with Crippen molar-refractivity contribution in [2.24, 2.45) is 5.92 Å². The van der Waals surface area contributed by atoms with Crippen molar-refractivity contribution in [3.8, 4) is 11.5 Å². The van der Waals surface area contributed by atoms with Gasteiger partial charge in [-0.15, -0.1) is 0 Å². The molecule has 1 heterocycles. The van der Waals surface area contributed by atoms with E-state index in [2.05, 4.69) is 5.32 Å². The number of piperidine rings is 1. The number of hydrogen-bond acceptors (Lipinski definition) is 4. The Bertz CT molecular complexity index is 625. The Balaban J connectivity index is 1.93. The van der Waals surface area contributed by atoms with Crippen molar-refractivity contribution in [2.45, 2.75) is 25.8 Å². The van der Waals surface area contributed by atoms with Gasteiger partial charge in [-0.2, -0.15) is 0 Å². The van der Waals surface area contributed by atoms with E-state index >= 15 is 0 Å². The third-order valence-corrected chi connectivity index (χ3v) is 4.58. The molecule has 1 aliphatic heterocycles. The van der Waals surface area contributed by atoms with E-state index in [0.717, 1.165) is 0 Å². The van der Waals surface area contributed by atoms with E-state index in [0.29, 0.717) is 37.2 Å². The number of rotatable bonds is 4. The van der Waals surface area contributed by atoms with E-state index in [1.54, 1.807) is 49.2 Å². The van der Waals surface area contributed by atoms with E-state index < -0.39 is 0 Å². The number of aromatic hydroxyl groups is 1. The molecule has 1 aromatic carbocycles. The molecule has 2 rings (SSSR count). The van der Waals surface area contributed by atoms with Crippen LogP contribution in [0.2, 0.25) is 0 Å². The van der Waals surface area contributed by atoms with Crippen molar-refractivity contribution >= 4 is 11.9 Å². The molecule has 7 heteroatoms. The summed E-state index contributed by atoms with van der Waals surface area (Å²) in [6.07, 6.45) is 1.28. The number of ether oxygens (including phenoxy) is 1. The number of phenolic OH excluding ortho intramolecular Hbond substituents is 1. The summed E-state index contributed by atoms with van der Waals surface area (Å²) in [6.45, 7) is 2.98. The summed E-state index contributed by atoms with van der Waals surface area (Å²) in [5.41, 5.74) is 0.618. The first-order valence-corrected chi connectivity index (χ1v) is 8.47. The number of carbonyl (C=O) groups is 2. The summed E-state index contributed by atoms with van der Waals surface area (Å²) in [6, 6.07) is 4.60. The van der Waals surface area contributed by atoms with Gasteiger partial charge >= 0.3 is 6.03 Å². The van der Waals surface area contributed by atoms with Gasteiger partial charge in [0.1, 0.15) is 11.5 Å². The maximum Gasteiger partial charge on any atom is 0.319 e. The molecule has 1 aromatic rings. The zero-order chi connectivity index (χ0) is 18.6. The van der Waals surface area contributed by atoms with E-state index in [1.165, 1.54) is 0 Å². The number of carbonyl (C=O) groups excluding carboxylic acids is 2. The average molecular weight is 349 g/mol. The summed E-state index contributed by atoms with van der Waals surface area (Å²) in [5.74, 6) is 0.581. The molecule has 3 amide bonds. The van der Waals surface area contributed by atoms with Crippen LogP contribution in [0.15, 0.2) is 18.2 Å². The lowest BCUT2D eigenvalue weighted by atomic mass is 9.95. The highest BCUT2D eigenvalue weighted by Crippen LogP contribution is 2.29. The number of nitrogens with zero attached hydrogens (tertiary/aromatic N) is 2. The molecule has 7 nitrogen and oxygen atoms in total. The fourth-order valence-corrected chi connectivity index (χ4v) is 3.03. The Morgan fingerprint density at radius 1 is 1.32 bits per heavy atom. The fourth-order valence-electron chi connectivity index (χ4n) is 3.03. The Hall–Kier alpha value is -2.44. The van der Waals surface area contributed by atoms with Crippen LogP contribution in [0, 0.1) is 5.92 Å². The Kier molecular flexibility index (Phi) is 6.12. The maximum atomic E-state index is 12.5. The second kappa shape index (κ2) is 8.09. The summed E-state index contributed by atoms with van der Waals surface area (Å²) in [7, 11) is 5.01. The molecule has 1 aliphatic rings. The highest BCUT2D eigenvalue weighted by molar-refractivity contribution is 5.80. The topological polar surface area (TPSA) is 82.1 Å². The monoisotopic (exact) mass is 349 g/mol. The largest absolute Gasteiger partial charge is 0.508 e. The number of nitrogens with one attached hydrogen (secondary N) is 1. The molecular formula is C18H27N3O4. The van der Waals surface area contributed by atoms with Gasteiger partial charge in [-0.3, -0.25) is 4.79 Å². The number of methoxy groups -OCH3 is 1. The number of hydrogen-bond donors (Lipinski definition) is 2. The average Bonchev–Trinajstić information content (AvgIpc) is 2.61. The summed E-state index contributed by atoms with van der Waals surface area (Å²) in [5, 5.41) is 13.0. The van der Waals surface area contributed by atoms with Crippen molar-refractivity contribution in [1.82, 2.24) is 15.1 Å². The minimum Gasteiger partial charge on any atom is -0.508 e. The van der Waals surface area contributed by atoms with Crippen LogP contribution in [0.5, 0.6) is 11.5 Å². The first-order valence-electron chi connectivity index (χ1n) is 8.47. The first-order chi connectivity index (χ1) is 11.8. The Morgan fingerprint density at radius 3 is 2.52 bits per heavy atom. The summed E-state index contributed by atoms with van der Waals surface area (Å²) in [4.78, 5) is 27.8. The minimum atomic E-state index is -0.330. The molecule has 1 saturated heterocycles. The predicted molar refractivity (Wildman–Crippen MR) is 94.6 cm³/mol. The fraction of sp³-hybridized carbons (Fsp3) is 0.556. The first kappa shape index (κ1) is 18.9. The van der Waals surface area contributed by atoms with Gasteiger partial charge in [0.2, 0.25) is 5.91 Å². The molecule has 0 aromatic heterocycles. The van der Waals surface area contributed by atoms with Gasteiger partial charge in [-0.1, -0.05) is 0 Å². The van der Waals surface area contributed by atoms with Gasteiger partial charge in [-0.05, 0) is 38.0 Å². The van der Waals surface area contributed by atoms with Crippen LogP contribution in [0.3, 0.4) is 0 Å². The van der Waals surface area contributed by atoms with Crippen molar-refractivity contribution in [1.29, 1.82) is 0 Å². The summed E-state index contributed by atoms with van der Waals surface area (Å²) < 4.78 is 5.17. The highest BCUT2D eigenvalue weighted by atomic mass is 16.5. The molecule has 2 N–H and O–H groups in total. The molecule has 138 valence electrons. The zero-order valence-corrected chi connectivity index (χ0v) is 15.3. The van der Waals surface area contributed by atoms with Crippen LogP contribution in [0.25, 0.3) is 0 Å². The molecule has 0 aliphatic carbocycles. The van der Waals surface area contributed by atoms with Gasteiger partial charge in [0.15, 0.2) is 0 Å². The molecule has 0 saturated carbocycles. The lowest BCUT2D eigenvalue weighted by Gasteiger charge is -2.33. The number of amides is 3. The van der Waals surface area contributed by atoms with Crippen LogP contribution in [0.1, 0.15) is 31.4 Å². The van der Waals surface area contributed by atoms with Crippen LogP contribution >= 0.6 is 0 Å². The van der Waals surface area contributed by atoms with Crippen molar-refractivity contribution in [3.05, 3.63) is 23.8 Å². The van der Waals surface area contributed by atoms with Gasteiger partial charge in [-0.25, -0.2) is 4.79 Å². The van der Waals surface area contributed by atoms with E-state index in [9.17, 15) is 14.7 Å². The van der Waals surface area contributed by atoms with E-state index in [1.807, 2.05) is 6.92 Å². The van der Waals surface area contributed by atoms with Gasteiger partial charge in [0, 0.05) is 38.7 Å². The van der Waals surface area contributed by atoms with Crippen LogP contribution in [-0.4, -0.2) is 61.1 Å². The maximum absolute atomic E-state index is 12.5. The zero-order valence-electron chi connectivity index (χ0n) is 15.3. The Labute approximate surface area is 148 Å². The quantitative estimate of drug-likeness (QED) is 0.871. The van der Waals surface area contributed by atoms with Crippen molar-refractivity contribution in [3.63, 3.8) is 0 Å². The molecule has 0 radical (unpaired) electrons. The van der Waals surface area contributed by atoms with Gasteiger partial charge in [0.05, 0.1) is 13.2 Å².